The molecule has 0 fully saturated rings. The summed E-state index contributed by atoms with van der Waals surface area (Å²) in [7, 11) is -3.36. The highest BCUT2D eigenvalue weighted by atomic mass is 79.9. The van der Waals surface area contributed by atoms with E-state index in [0.717, 1.165) is 8.66 Å². The van der Waals surface area contributed by atoms with Crippen LogP contribution in [-0.4, -0.2) is 20.1 Å². The first-order chi connectivity index (χ1) is 9.98. The topological polar surface area (TPSA) is 66.4 Å². The van der Waals surface area contributed by atoms with Crippen LogP contribution in [0.5, 0.6) is 0 Å². The standard InChI is InChI=1S/C14H16BrNO3S2/c15-14-5-4-13(20-14)6-7-16-21(18,19)10-12-3-1-2-11(8-12)9-17/h1-5,8,16-17H,6-7,9-10H2. The van der Waals surface area contributed by atoms with Crippen LogP contribution in [-0.2, 0) is 28.8 Å². The number of aliphatic hydroxyl groups excluding tert-OH is 1. The number of rotatable bonds is 7. The fourth-order valence-electron chi connectivity index (χ4n) is 1.90. The highest BCUT2D eigenvalue weighted by Gasteiger charge is 2.11. The highest BCUT2D eigenvalue weighted by molar-refractivity contribution is 9.11. The van der Waals surface area contributed by atoms with Gasteiger partial charge in [0, 0.05) is 11.4 Å². The number of sulfonamides is 1. The zero-order valence-electron chi connectivity index (χ0n) is 11.3. The fraction of sp³-hybridized carbons (Fsp3) is 0.286. The van der Waals surface area contributed by atoms with Gasteiger partial charge < -0.3 is 5.11 Å². The van der Waals surface area contributed by atoms with Crippen LogP contribution < -0.4 is 4.72 Å². The summed E-state index contributed by atoms with van der Waals surface area (Å²) in [4.78, 5) is 1.13. The lowest BCUT2D eigenvalue weighted by Gasteiger charge is -2.07. The van der Waals surface area contributed by atoms with Crippen LogP contribution in [0.4, 0.5) is 0 Å². The number of benzene rings is 1. The Kier molecular flexibility index (Phi) is 5.95. The molecular weight excluding hydrogens is 374 g/mol. The van der Waals surface area contributed by atoms with Gasteiger partial charge in [-0.25, -0.2) is 13.1 Å². The van der Waals surface area contributed by atoms with Gasteiger partial charge in [0.1, 0.15) is 0 Å². The minimum Gasteiger partial charge on any atom is -0.392 e. The maximum absolute atomic E-state index is 12.0. The van der Waals surface area contributed by atoms with Gasteiger partial charge in [-0.05, 0) is 45.6 Å². The van der Waals surface area contributed by atoms with Crippen LogP contribution in [0, 0.1) is 0 Å². The third-order valence-corrected chi connectivity index (χ3v) is 5.89. The number of hydrogen-bond donors (Lipinski definition) is 2. The molecule has 0 bridgehead atoms. The lowest BCUT2D eigenvalue weighted by atomic mass is 10.1. The average Bonchev–Trinajstić information content (AvgIpc) is 2.84. The second-order valence-corrected chi connectivity index (χ2v) is 8.94. The molecule has 21 heavy (non-hydrogen) atoms. The van der Waals surface area contributed by atoms with Crippen molar-refractivity contribution in [3.05, 3.63) is 56.2 Å². The zero-order valence-corrected chi connectivity index (χ0v) is 14.5. The van der Waals surface area contributed by atoms with Crippen molar-refractivity contribution in [3.8, 4) is 0 Å². The van der Waals surface area contributed by atoms with E-state index in [2.05, 4.69) is 20.7 Å². The van der Waals surface area contributed by atoms with E-state index in [4.69, 9.17) is 5.11 Å². The first-order valence-corrected chi connectivity index (χ1v) is 9.65. The Hall–Kier alpha value is -0.730. The summed E-state index contributed by atoms with van der Waals surface area (Å²) in [6.07, 6.45) is 0.673. The molecule has 0 atom stereocenters. The third-order valence-electron chi connectivity index (χ3n) is 2.85. The number of aliphatic hydroxyl groups is 1. The molecule has 1 heterocycles. The van der Waals surface area contributed by atoms with Crippen molar-refractivity contribution in [1.29, 1.82) is 0 Å². The molecular formula is C14H16BrNO3S2. The molecule has 0 radical (unpaired) electrons. The van der Waals surface area contributed by atoms with Crippen LogP contribution in [0.25, 0.3) is 0 Å². The number of nitrogens with one attached hydrogen (secondary N) is 1. The van der Waals surface area contributed by atoms with Gasteiger partial charge in [0.25, 0.3) is 0 Å². The highest BCUT2D eigenvalue weighted by Crippen LogP contribution is 2.22. The molecule has 2 rings (SSSR count). The van der Waals surface area contributed by atoms with Crippen LogP contribution >= 0.6 is 27.3 Å². The largest absolute Gasteiger partial charge is 0.392 e. The summed E-state index contributed by atoms with van der Waals surface area (Å²) >= 11 is 4.98. The van der Waals surface area contributed by atoms with Gasteiger partial charge in [-0.1, -0.05) is 24.3 Å². The van der Waals surface area contributed by atoms with Gasteiger partial charge in [0.2, 0.25) is 10.0 Å². The Labute approximate surface area is 137 Å². The summed E-state index contributed by atoms with van der Waals surface area (Å²) < 4.78 is 27.7. The molecule has 0 amide bonds. The van der Waals surface area contributed by atoms with E-state index >= 15 is 0 Å². The molecule has 0 saturated carbocycles. The third kappa shape index (κ3) is 5.52. The fourth-order valence-corrected chi connectivity index (χ4v) is 4.52. The lowest BCUT2D eigenvalue weighted by Crippen LogP contribution is -2.27. The van der Waals surface area contributed by atoms with E-state index < -0.39 is 10.0 Å². The Morgan fingerprint density at radius 1 is 1.19 bits per heavy atom. The quantitative estimate of drug-likeness (QED) is 0.764. The molecule has 1 aromatic carbocycles. The summed E-state index contributed by atoms with van der Waals surface area (Å²) in [5.74, 6) is -0.0744. The van der Waals surface area contributed by atoms with E-state index in [-0.39, 0.29) is 12.4 Å². The first-order valence-electron chi connectivity index (χ1n) is 6.39. The molecule has 7 heteroatoms. The number of thiophene rings is 1. The van der Waals surface area contributed by atoms with Gasteiger partial charge in [-0.3, -0.25) is 0 Å². The van der Waals surface area contributed by atoms with Crippen molar-refractivity contribution < 1.29 is 13.5 Å². The maximum Gasteiger partial charge on any atom is 0.215 e. The lowest BCUT2D eigenvalue weighted by molar-refractivity contribution is 0.282. The Morgan fingerprint density at radius 2 is 1.95 bits per heavy atom. The van der Waals surface area contributed by atoms with Gasteiger partial charge in [-0.15, -0.1) is 11.3 Å². The smallest absolute Gasteiger partial charge is 0.215 e. The monoisotopic (exact) mass is 389 g/mol. The molecule has 0 saturated heterocycles. The first kappa shape index (κ1) is 16.6. The summed E-state index contributed by atoms with van der Waals surface area (Å²) in [5.41, 5.74) is 1.39. The maximum atomic E-state index is 12.0. The number of hydrogen-bond acceptors (Lipinski definition) is 4. The minimum atomic E-state index is -3.36. The minimum absolute atomic E-state index is 0.0744. The second kappa shape index (κ2) is 7.51. The van der Waals surface area contributed by atoms with E-state index in [9.17, 15) is 8.42 Å². The Balaban J connectivity index is 1.89. The van der Waals surface area contributed by atoms with Crippen molar-refractivity contribution in [2.24, 2.45) is 0 Å². The summed E-state index contributed by atoms with van der Waals surface area (Å²) in [6.45, 7) is 0.295. The summed E-state index contributed by atoms with van der Waals surface area (Å²) in [5, 5.41) is 9.06. The van der Waals surface area contributed by atoms with Crippen LogP contribution in [0.2, 0.25) is 0 Å². The van der Waals surface area contributed by atoms with Gasteiger partial charge in [0.15, 0.2) is 0 Å². The van der Waals surface area contributed by atoms with Crippen molar-refractivity contribution >= 4 is 37.3 Å². The van der Waals surface area contributed by atoms with Gasteiger partial charge >= 0.3 is 0 Å². The Morgan fingerprint density at radius 3 is 2.62 bits per heavy atom. The van der Waals surface area contributed by atoms with Gasteiger partial charge in [0.05, 0.1) is 16.1 Å². The molecule has 114 valence electrons. The van der Waals surface area contributed by atoms with Crippen molar-refractivity contribution in [3.63, 3.8) is 0 Å². The molecule has 1 aromatic heterocycles. The SMILES string of the molecule is O=S(=O)(Cc1cccc(CO)c1)NCCc1ccc(Br)s1. The second-order valence-electron chi connectivity index (χ2n) is 4.59. The van der Waals surface area contributed by atoms with E-state index in [0.29, 0.717) is 24.1 Å². The Bertz CT molecular complexity index is 698. The number of halogens is 1. The molecule has 0 aliphatic rings. The van der Waals surface area contributed by atoms with Crippen LogP contribution in [0.15, 0.2) is 40.2 Å². The summed E-state index contributed by atoms with van der Waals surface area (Å²) in [6, 6.07) is 10.9. The molecule has 0 aliphatic carbocycles. The van der Waals surface area contributed by atoms with Gasteiger partial charge in [-0.2, -0.15) is 0 Å². The van der Waals surface area contributed by atoms with Crippen molar-refractivity contribution in [2.75, 3.05) is 6.54 Å². The van der Waals surface area contributed by atoms with E-state index in [1.54, 1.807) is 35.6 Å². The average molecular weight is 390 g/mol. The molecule has 0 aliphatic heterocycles. The zero-order chi connectivity index (χ0) is 15.3. The predicted octanol–water partition coefficient (Wildman–Crippen LogP) is 2.67. The predicted molar refractivity (Wildman–Crippen MR) is 88.7 cm³/mol. The van der Waals surface area contributed by atoms with Crippen molar-refractivity contribution in [1.82, 2.24) is 4.72 Å². The van der Waals surface area contributed by atoms with Crippen LogP contribution in [0.1, 0.15) is 16.0 Å². The molecule has 0 unspecified atom stereocenters. The van der Waals surface area contributed by atoms with Crippen LogP contribution in [0.3, 0.4) is 0 Å². The van der Waals surface area contributed by atoms with E-state index in [1.165, 1.54) is 0 Å². The molecule has 0 spiro atoms. The normalized spacial score (nSPS) is 11.7. The molecule has 2 aromatic rings. The van der Waals surface area contributed by atoms with Crippen molar-refractivity contribution in [2.45, 2.75) is 18.8 Å². The molecule has 2 N–H and O–H groups in total. The molecule has 4 nitrogen and oxygen atoms in total. The van der Waals surface area contributed by atoms with E-state index in [1.807, 2.05) is 12.1 Å².